The molecule has 53 heavy (non-hydrogen) atoms. The Bertz CT molecular complexity index is 2470. The minimum Gasteiger partial charge on any atom is -0.376 e. The molecule has 0 heterocycles. The van der Waals surface area contributed by atoms with Gasteiger partial charge >= 0.3 is 0 Å². The topological polar surface area (TPSA) is 12.0 Å². The van der Waals surface area contributed by atoms with Crippen LogP contribution >= 0.6 is 0 Å². The standard InChI is InChI=1S/C52H55N/c1-29(2)30(3)33-19-21-34(22-20-33)52(10,11)53-35-23-24-37-41-26-39-31(4)32(5)40-27-42-36-15-12-13-17-44(36)50(6,7)45-18-14-16-38(49(42)45)48(40)43(39)28-47(41)51(8,9)46(37)25-35/h12-32,53H,1-11H3. The largest absolute Gasteiger partial charge is 0.376 e. The van der Waals surface area contributed by atoms with E-state index in [1.165, 1.54) is 94.3 Å². The van der Waals surface area contributed by atoms with E-state index in [1.54, 1.807) is 0 Å². The minimum atomic E-state index is -0.214. The van der Waals surface area contributed by atoms with E-state index in [0.717, 1.165) is 0 Å². The van der Waals surface area contributed by atoms with Crippen LogP contribution < -0.4 is 5.32 Å². The van der Waals surface area contributed by atoms with Gasteiger partial charge in [-0.25, -0.2) is 0 Å². The van der Waals surface area contributed by atoms with Crippen molar-refractivity contribution in [3.8, 4) is 33.4 Å². The second-order valence-electron chi connectivity index (χ2n) is 18.6. The maximum Gasteiger partial charge on any atom is 0.0569 e. The number of anilines is 1. The third-order valence-corrected chi connectivity index (χ3v) is 14.2. The van der Waals surface area contributed by atoms with Gasteiger partial charge in [-0.05, 0) is 157 Å². The van der Waals surface area contributed by atoms with Gasteiger partial charge < -0.3 is 5.32 Å². The fourth-order valence-electron chi connectivity index (χ4n) is 10.3. The van der Waals surface area contributed by atoms with Gasteiger partial charge in [0, 0.05) is 16.5 Å². The lowest BCUT2D eigenvalue weighted by Crippen LogP contribution is -2.28. The van der Waals surface area contributed by atoms with E-state index in [-0.39, 0.29) is 16.4 Å². The van der Waals surface area contributed by atoms with Crippen LogP contribution in [0.5, 0.6) is 0 Å². The van der Waals surface area contributed by atoms with Gasteiger partial charge in [0.05, 0.1) is 5.54 Å². The number of hydrogen-bond acceptors (Lipinski definition) is 1. The maximum absolute atomic E-state index is 3.94. The molecule has 1 N–H and O–H groups in total. The second kappa shape index (κ2) is 11.4. The Kier molecular flexibility index (Phi) is 7.38. The molecule has 3 atom stereocenters. The maximum atomic E-state index is 3.94. The second-order valence-corrected chi connectivity index (χ2v) is 18.6. The zero-order valence-corrected chi connectivity index (χ0v) is 33.6. The van der Waals surface area contributed by atoms with E-state index >= 15 is 0 Å². The zero-order valence-electron chi connectivity index (χ0n) is 33.6. The number of rotatable bonds is 5. The Balaban J connectivity index is 1.15. The molecule has 0 spiro atoms. The van der Waals surface area contributed by atoms with Crippen LogP contribution in [0.15, 0.2) is 103 Å². The molecule has 0 amide bonds. The molecular weight excluding hydrogens is 639 g/mol. The van der Waals surface area contributed by atoms with Gasteiger partial charge in [-0.3, -0.25) is 0 Å². The SMILES string of the molecule is CC(C)C(C)c1ccc(C(C)(C)Nc2ccc3c(c2)C(C)(C)c2cc4c(cc2-3)C(C)C(C)c2cc3c5c(cccc5c2-4)C(C)(C)c2ccccc2-3)cc1. The Morgan fingerprint density at radius 1 is 0.566 bits per heavy atom. The van der Waals surface area contributed by atoms with Crippen molar-refractivity contribution in [2.24, 2.45) is 5.92 Å². The van der Waals surface area contributed by atoms with E-state index in [4.69, 9.17) is 0 Å². The van der Waals surface area contributed by atoms with Crippen LogP contribution in [0.3, 0.4) is 0 Å². The summed E-state index contributed by atoms with van der Waals surface area (Å²) in [6.45, 7) is 26.1. The first kappa shape index (κ1) is 34.2. The van der Waals surface area contributed by atoms with Crippen LogP contribution in [0.1, 0.15) is 138 Å². The highest BCUT2D eigenvalue weighted by molar-refractivity contribution is 6.11. The lowest BCUT2D eigenvalue weighted by Gasteiger charge is -2.39. The van der Waals surface area contributed by atoms with E-state index in [1.807, 2.05) is 0 Å². The Hall–Kier alpha value is -4.62. The van der Waals surface area contributed by atoms with Crippen molar-refractivity contribution in [2.45, 2.75) is 110 Å². The van der Waals surface area contributed by atoms with Gasteiger partial charge in [0.15, 0.2) is 0 Å². The van der Waals surface area contributed by atoms with Crippen LogP contribution in [-0.4, -0.2) is 0 Å². The predicted molar refractivity (Wildman–Crippen MR) is 228 cm³/mol. The van der Waals surface area contributed by atoms with Crippen molar-refractivity contribution in [3.05, 3.63) is 148 Å². The molecule has 0 bridgehead atoms. The van der Waals surface area contributed by atoms with Crippen molar-refractivity contribution >= 4 is 16.5 Å². The molecule has 0 saturated carbocycles. The van der Waals surface area contributed by atoms with E-state index in [0.29, 0.717) is 23.7 Å². The van der Waals surface area contributed by atoms with E-state index < -0.39 is 0 Å². The number of benzene rings is 6. The third-order valence-electron chi connectivity index (χ3n) is 14.2. The summed E-state index contributed by atoms with van der Waals surface area (Å²) in [5.74, 6) is 2.00. The van der Waals surface area contributed by atoms with Crippen LogP contribution in [0.4, 0.5) is 5.69 Å². The van der Waals surface area contributed by atoms with Gasteiger partial charge in [0.2, 0.25) is 0 Å². The molecule has 6 aromatic carbocycles. The van der Waals surface area contributed by atoms with Gasteiger partial charge in [-0.2, -0.15) is 0 Å². The van der Waals surface area contributed by atoms with Gasteiger partial charge in [-0.15, -0.1) is 0 Å². The van der Waals surface area contributed by atoms with Crippen molar-refractivity contribution in [1.29, 1.82) is 0 Å². The first-order valence-corrected chi connectivity index (χ1v) is 20.0. The molecule has 6 aromatic rings. The third kappa shape index (κ3) is 4.81. The summed E-state index contributed by atoms with van der Waals surface area (Å²) in [5, 5.41) is 6.78. The highest BCUT2D eigenvalue weighted by atomic mass is 15.0. The summed E-state index contributed by atoms with van der Waals surface area (Å²) in [6.07, 6.45) is 0. The molecule has 3 aliphatic rings. The zero-order chi connectivity index (χ0) is 37.4. The Morgan fingerprint density at radius 2 is 1.19 bits per heavy atom. The molecule has 1 nitrogen and oxygen atoms in total. The normalized spacial score (nSPS) is 19.2. The fourth-order valence-corrected chi connectivity index (χ4v) is 10.3. The average Bonchev–Trinajstić information content (AvgIpc) is 3.36. The molecule has 0 radical (unpaired) electrons. The first-order valence-electron chi connectivity index (χ1n) is 20.0. The number of hydrogen-bond donors (Lipinski definition) is 1. The van der Waals surface area contributed by atoms with E-state index in [9.17, 15) is 0 Å². The molecule has 0 fully saturated rings. The summed E-state index contributed by atoms with van der Waals surface area (Å²) >= 11 is 0. The van der Waals surface area contributed by atoms with Crippen molar-refractivity contribution in [2.75, 3.05) is 5.32 Å². The highest BCUT2D eigenvalue weighted by Gasteiger charge is 2.41. The highest BCUT2D eigenvalue weighted by Crippen LogP contribution is 2.59. The molecule has 0 saturated heterocycles. The van der Waals surface area contributed by atoms with Gasteiger partial charge in [0.1, 0.15) is 0 Å². The van der Waals surface area contributed by atoms with E-state index in [2.05, 4.69) is 185 Å². The quantitative estimate of drug-likeness (QED) is 0.190. The molecule has 9 rings (SSSR count). The predicted octanol–water partition coefficient (Wildman–Crippen LogP) is 14.4. The van der Waals surface area contributed by atoms with Gasteiger partial charge in [-0.1, -0.05) is 135 Å². The summed E-state index contributed by atoms with van der Waals surface area (Å²) in [4.78, 5) is 0. The lowest BCUT2D eigenvalue weighted by atomic mass is 9.64. The first-order chi connectivity index (χ1) is 25.1. The van der Waals surface area contributed by atoms with Crippen LogP contribution in [0.2, 0.25) is 0 Å². The molecule has 0 aliphatic heterocycles. The van der Waals surface area contributed by atoms with Crippen LogP contribution in [0.25, 0.3) is 44.2 Å². The lowest BCUT2D eigenvalue weighted by molar-refractivity contribution is 0.534. The number of fused-ring (bicyclic) bond motifs is 9. The summed E-state index contributed by atoms with van der Waals surface area (Å²) in [5.41, 5.74) is 20.7. The summed E-state index contributed by atoms with van der Waals surface area (Å²) < 4.78 is 0. The molecular formula is C52H55N. The van der Waals surface area contributed by atoms with Crippen molar-refractivity contribution in [1.82, 2.24) is 0 Å². The Morgan fingerprint density at radius 3 is 1.92 bits per heavy atom. The molecule has 0 aromatic heterocycles. The smallest absolute Gasteiger partial charge is 0.0569 e. The summed E-state index contributed by atoms with van der Waals surface area (Å²) in [7, 11) is 0. The monoisotopic (exact) mass is 693 g/mol. The van der Waals surface area contributed by atoms with Crippen LogP contribution in [0, 0.1) is 5.92 Å². The molecule has 3 unspecified atom stereocenters. The Labute approximate surface area is 317 Å². The van der Waals surface area contributed by atoms with Gasteiger partial charge in [0.25, 0.3) is 0 Å². The minimum absolute atomic E-state index is 0.0641. The van der Waals surface area contributed by atoms with Crippen LogP contribution in [-0.2, 0) is 16.4 Å². The summed E-state index contributed by atoms with van der Waals surface area (Å²) in [6, 6.07) is 40.3. The molecule has 3 aliphatic carbocycles. The average molecular weight is 694 g/mol. The van der Waals surface area contributed by atoms with Crippen molar-refractivity contribution < 1.29 is 0 Å². The van der Waals surface area contributed by atoms with Crippen molar-refractivity contribution in [3.63, 3.8) is 0 Å². The molecule has 1 heteroatoms. The fraction of sp³-hybridized carbons (Fsp3) is 0.346. The molecule has 268 valence electrons. The number of nitrogens with one attached hydrogen (secondary N) is 1.